The lowest BCUT2D eigenvalue weighted by molar-refractivity contribution is -0.322. The average Bonchev–Trinajstić information content (AvgIpc) is 2.51. The molecule has 5 heteroatoms. The highest BCUT2D eigenvalue weighted by Crippen LogP contribution is 2.72. The van der Waals surface area contributed by atoms with Crippen molar-refractivity contribution < 1.29 is 14.7 Å². The second kappa shape index (κ2) is 3.31. The van der Waals surface area contributed by atoms with Gasteiger partial charge in [-0.1, -0.05) is 45.7 Å². The van der Waals surface area contributed by atoms with Crippen molar-refractivity contribution in [2.75, 3.05) is 5.33 Å². The molecule has 0 amide bonds. The topological polar surface area (TPSA) is 57.2 Å². The van der Waals surface area contributed by atoms with Gasteiger partial charge in [0.1, 0.15) is 0 Å². The van der Waals surface area contributed by atoms with Crippen LogP contribution in [-0.2, 0) is 9.59 Å². The average molecular weight is 353 g/mol. The first kappa shape index (κ1) is 12.6. The molecule has 0 radical (unpaired) electrons. The zero-order valence-electron chi connectivity index (χ0n) is 9.18. The number of alkyl halides is 2. The van der Waals surface area contributed by atoms with Gasteiger partial charge < -0.3 is 9.90 Å². The molecule has 0 heterocycles. The van der Waals surface area contributed by atoms with Crippen LogP contribution in [0.2, 0.25) is 0 Å². The van der Waals surface area contributed by atoms with Crippen molar-refractivity contribution in [2.45, 2.75) is 31.5 Å². The van der Waals surface area contributed by atoms with E-state index in [4.69, 9.17) is 0 Å². The molecule has 90 valence electrons. The van der Waals surface area contributed by atoms with E-state index < -0.39 is 27.0 Å². The van der Waals surface area contributed by atoms with Crippen LogP contribution >= 0.6 is 31.9 Å². The second-order valence-corrected chi connectivity index (χ2v) is 6.80. The summed E-state index contributed by atoms with van der Waals surface area (Å²) in [6, 6.07) is 0. The van der Waals surface area contributed by atoms with Crippen molar-refractivity contribution in [3.8, 4) is 0 Å². The quantitative estimate of drug-likeness (QED) is 0.703. The van der Waals surface area contributed by atoms with E-state index >= 15 is 0 Å². The molecule has 16 heavy (non-hydrogen) atoms. The van der Waals surface area contributed by atoms with Crippen molar-refractivity contribution in [2.24, 2.45) is 16.2 Å². The minimum Gasteiger partial charge on any atom is -0.549 e. The third-order valence-corrected chi connectivity index (χ3v) is 7.14. The van der Waals surface area contributed by atoms with Crippen LogP contribution < -0.4 is 5.11 Å². The number of ketones is 1. The van der Waals surface area contributed by atoms with Crippen LogP contribution in [0.15, 0.2) is 0 Å². The highest BCUT2D eigenvalue weighted by Gasteiger charge is 2.75. The normalized spacial score (nSPS) is 45.0. The molecule has 2 aliphatic carbocycles. The summed E-state index contributed by atoms with van der Waals surface area (Å²) in [5.74, 6) is -1.10. The van der Waals surface area contributed by atoms with Crippen molar-refractivity contribution in [3.63, 3.8) is 0 Å². The number of carbonyl (C=O) groups is 2. The van der Waals surface area contributed by atoms with Gasteiger partial charge in [-0.05, 0) is 18.3 Å². The predicted octanol–water partition coefficient (Wildman–Crippen LogP) is 1.27. The number of aliphatic carboxylic acids is 1. The third kappa shape index (κ3) is 0.964. The molecule has 0 N–H and O–H groups in total. The van der Waals surface area contributed by atoms with Gasteiger partial charge in [0.2, 0.25) is 0 Å². The van der Waals surface area contributed by atoms with E-state index in [0.29, 0.717) is 18.2 Å². The lowest BCUT2D eigenvalue weighted by Crippen LogP contribution is -2.52. The molecular formula is C11H13Br2O3-. The summed E-state index contributed by atoms with van der Waals surface area (Å²) >= 11 is 6.66. The number of carboxylic acid groups (broad SMARTS) is 1. The van der Waals surface area contributed by atoms with E-state index in [1.807, 2.05) is 13.8 Å². The number of carboxylic acids is 1. The van der Waals surface area contributed by atoms with E-state index in [-0.39, 0.29) is 5.78 Å². The summed E-state index contributed by atoms with van der Waals surface area (Å²) in [5, 5.41) is 12.0. The van der Waals surface area contributed by atoms with Crippen molar-refractivity contribution in [1.82, 2.24) is 0 Å². The SMILES string of the molecule is CC1(C)[C@@]2(CBr)CC[C@]1(C(=O)[O-])[C@H](Br)C2=O. The first-order chi connectivity index (χ1) is 7.28. The Morgan fingerprint density at radius 1 is 1.50 bits per heavy atom. The lowest BCUT2D eigenvalue weighted by atomic mass is 9.65. The fourth-order valence-corrected chi connectivity index (χ4v) is 6.25. The van der Waals surface area contributed by atoms with Gasteiger partial charge in [0.25, 0.3) is 0 Å². The van der Waals surface area contributed by atoms with Crippen LogP contribution in [0.25, 0.3) is 0 Å². The summed E-state index contributed by atoms with van der Waals surface area (Å²) in [6.45, 7) is 3.74. The Kier molecular flexibility index (Phi) is 2.60. The summed E-state index contributed by atoms with van der Waals surface area (Å²) < 4.78 is 0. The number of hydrogen-bond acceptors (Lipinski definition) is 3. The van der Waals surface area contributed by atoms with Crippen molar-refractivity contribution in [3.05, 3.63) is 0 Å². The van der Waals surface area contributed by atoms with Crippen LogP contribution in [0.3, 0.4) is 0 Å². The maximum Gasteiger partial charge on any atom is 0.154 e. The number of rotatable bonds is 2. The number of fused-ring (bicyclic) bond motifs is 2. The van der Waals surface area contributed by atoms with E-state index in [1.54, 1.807) is 0 Å². The molecule has 0 unspecified atom stereocenters. The van der Waals surface area contributed by atoms with Gasteiger partial charge in [0, 0.05) is 22.1 Å². The zero-order valence-corrected chi connectivity index (χ0v) is 12.4. The van der Waals surface area contributed by atoms with Gasteiger partial charge in [-0.15, -0.1) is 0 Å². The Morgan fingerprint density at radius 2 is 2.06 bits per heavy atom. The minimum absolute atomic E-state index is 0.00447. The van der Waals surface area contributed by atoms with E-state index in [1.165, 1.54) is 0 Å². The van der Waals surface area contributed by atoms with Gasteiger partial charge >= 0.3 is 0 Å². The van der Waals surface area contributed by atoms with E-state index in [9.17, 15) is 14.7 Å². The van der Waals surface area contributed by atoms with Crippen molar-refractivity contribution in [1.29, 1.82) is 0 Å². The molecule has 0 aromatic heterocycles. The lowest BCUT2D eigenvalue weighted by Gasteiger charge is -2.42. The molecule has 0 aromatic rings. The highest BCUT2D eigenvalue weighted by molar-refractivity contribution is 9.10. The van der Waals surface area contributed by atoms with Crippen LogP contribution in [0.5, 0.6) is 0 Å². The monoisotopic (exact) mass is 351 g/mol. The van der Waals surface area contributed by atoms with Gasteiger partial charge in [0.05, 0.1) is 4.83 Å². The molecule has 0 spiro atoms. The van der Waals surface area contributed by atoms with Crippen LogP contribution in [0, 0.1) is 16.2 Å². The summed E-state index contributed by atoms with van der Waals surface area (Å²) in [6.07, 6.45) is 1.13. The maximum absolute atomic E-state index is 12.3. The molecule has 3 atom stereocenters. The Balaban J connectivity index is 2.67. The molecule has 0 aromatic carbocycles. The first-order valence-electron chi connectivity index (χ1n) is 5.24. The largest absolute Gasteiger partial charge is 0.549 e. The van der Waals surface area contributed by atoms with E-state index in [0.717, 1.165) is 0 Å². The molecular weight excluding hydrogens is 340 g/mol. The smallest absolute Gasteiger partial charge is 0.154 e. The number of halogens is 2. The van der Waals surface area contributed by atoms with Gasteiger partial charge in [-0.3, -0.25) is 4.79 Å². The zero-order chi connectivity index (χ0) is 12.4. The molecule has 2 saturated carbocycles. The van der Waals surface area contributed by atoms with Gasteiger partial charge in [-0.25, -0.2) is 0 Å². The summed E-state index contributed by atoms with van der Waals surface area (Å²) in [5.41, 5.74) is -2.20. The maximum atomic E-state index is 12.3. The van der Waals surface area contributed by atoms with Crippen LogP contribution in [0.1, 0.15) is 26.7 Å². The molecule has 2 fully saturated rings. The van der Waals surface area contributed by atoms with Crippen molar-refractivity contribution >= 4 is 43.6 Å². The molecule has 0 aliphatic heterocycles. The third-order valence-electron chi connectivity index (χ3n) is 4.98. The first-order valence-corrected chi connectivity index (χ1v) is 7.27. The Labute approximate surface area is 111 Å². The molecule has 2 bridgehead atoms. The second-order valence-electron chi connectivity index (χ2n) is 5.33. The molecule has 3 nitrogen and oxygen atoms in total. The van der Waals surface area contributed by atoms with E-state index in [2.05, 4.69) is 31.9 Å². The number of carbonyl (C=O) groups excluding carboxylic acids is 2. The highest BCUT2D eigenvalue weighted by atomic mass is 79.9. The Morgan fingerprint density at radius 3 is 2.38 bits per heavy atom. The fraction of sp³-hybridized carbons (Fsp3) is 0.818. The molecule has 2 rings (SSSR count). The summed E-state index contributed by atoms with van der Waals surface area (Å²) in [4.78, 5) is 23.2. The molecule has 0 saturated heterocycles. The summed E-state index contributed by atoms with van der Waals surface area (Å²) in [7, 11) is 0. The Hall–Kier alpha value is 0.1000. The van der Waals surface area contributed by atoms with Gasteiger partial charge in [-0.2, -0.15) is 0 Å². The van der Waals surface area contributed by atoms with Gasteiger partial charge in [0.15, 0.2) is 5.78 Å². The fourth-order valence-electron chi connectivity index (χ4n) is 3.56. The molecule has 2 aliphatic rings. The standard InChI is InChI=1S/C11H14Br2O3/c1-9(2)10(5-12)3-4-11(9,8(15)16)6(13)7(10)14/h6H,3-5H2,1-2H3,(H,15,16)/p-1/t6-,10-,11-/m1/s1. The number of Topliss-reactive ketones (excluding diaryl/α,β-unsaturated/α-hetero) is 1. The minimum atomic E-state index is -1.10. The van der Waals surface area contributed by atoms with Crippen LogP contribution in [0.4, 0.5) is 0 Å². The predicted molar refractivity (Wildman–Crippen MR) is 64.4 cm³/mol. The number of hydrogen-bond donors (Lipinski definition) is 0. The Bertz CT molecular complexity index is 379. The van der Waals surface area contributed by atoms with Crippen LogP contribution in [-0.4, -0.2) is 21.9 Å².